The number of benzene rings is 1. The average Bonchev–Trinajstić information content (AvgIpc) is 3.34. The number of nitrogens with zero attached hydrogens (tertiary/aromatic N) is 3. The third kappa shape index (κ3) is 5.52. The van der Waals surface area contributed by atoms with Gasteiger partial charge in [0.2, 0.25) is 0 Å². The Morgan fingerprint density at radius 1 is 1.11 bits per heavy atom. The van der Waals surface area contributed by atoms with Crippen LogP contribution in [0.3, 0.4) is 0 Å². The summed E-state index contributed by atoms with van der Waals surface area (Å²) in [5.74, 6) is 0. The van der Waals surface area contributed by atoms with E-state index in [1.165, 1.54) is 27.8 Å². The first-order valence-electron chi connectivity index (χ1n) is 11.4. The molecule has 4 rings (SSSR count). The lowest BCUT2D eigenvalue weighted by atomic mass is 9.95. The SMILES string of the molecule is CC1CN(C[C@H]2CN(S(=O)(=O)c3cccs3)CCN2c2ccc(C(C)(O)C(F)(F)F)cc2)CCO1. The van der Waals surface area contributed by atoms with Gasteiger partial charge in [0.25, 0.3) is 10.0 Å². The number of thiophene rings is 1. The average molecular weight is 534 g/mol. The first-order chi connectivity index (χ1) is 16.4. The van der Waals surface area contributed by atoms with Crippen molar-refractivity contribution in [2.24, 2.45) is 0 Å². The van der Waals surface area contributed by atoms with Crippen LogP contribution in [-0.4, -0.2) is 86.9 Å². The van der Waals surface area contributed by atoms with Gasteiger partial charge in [0.15, 0.2) is 5.60 Å². The smallest absolute Gasteiger partial charge is 0.376 e. The van der Waals surface area contributed by atoms with Crippen molar-refractivity contribution in [1.82, 2.24) is 9.21 Å². The molecule has 2 aliphatic rings. The van der Waals surface area contributed by atoms with E-state index in [9.17, 15) is 26.7 Å². The highest BCUT2D eigenvalue weighted by Gasteiger charge is 2.51. The van der Waals surface area contributed by atoms with Crippen molar-refractivity contribution >= 4 is 27.0 Å². The summed E-state index contributed by atoms with van der Waals surface area (Å²) in [5.41, 5.74) is -2.51. The molecule has 1 aromatic heterocycles. The van der Waals surface area contributed by atoms with Crippen LogP contribution in [0.4, 0.5) is 18.9 Å². The second-order valence-electron chi connectivity index (χ2n) is 9.20. The fraction of sp³-hybridized carbons (Fsp3) is 0.565. The minimum Gasteiger partial charge on any atom is -0.376 e. The number of alkyl halides is 3. The maximum atomic E-state index is 13.3. The monoisotopic (exact) mass is 533 g/mol. The van der Waals surface area contributed by atoms with Gasteiger partial charge in [-0.05, 0) is 43.0 Å². The number of sulfonamides is 1. The third-order valence-electron chi connectivity index (χ3n) is 6.64. The lowest BCUT2D eigenvalue weighted by Gasteiger charge is -2.45. The van der Waals surface area contributed by atoms with Gasteiger partial charge in [-0.25, -0.2) is 8.42 Å². The van der Waals surface area contributed by atoms with Crippen LogP contribution in [0.2, 0.25) is 0 Å². The Balaban J connectivity index is 1.59. The van der Waals surface area contributed by atoms with Crippen molar-refractivity contribution in [3.8, 4) is 0 Å². The van der Waals surface area contributed by atoms with Gasteiger partial charge in [-0.1, -0.05) is 18.2 Å². The molecule has 0 saturated carbocycles. The minimum absolute atomic E-state index is 0.0654. The van der Waals surface area contributed by atoms with Gasteiger partial charge in [-0.2, -0.15) is 17.5 Å². The number of rotatable bonds is 6. The molecule has 0 radical (unpaired) electrons. The van der Waals surface area contributed by atoms with E-state index in [1.807, 2.05) is 11.8 Å². The van der Waals surface area contributed by atoms with E-state index in [0.717, 1.165) is 20.0 Å². The molecule has 0 bridgehead atoms. The van der Waals surface area contributed by atoms with Gasteiger partial charge >= 0.3 is 6.18 Å². The molecule has 1 N–H and O–H groups in total. The minimum atomic E-state index is -4.80. The third-order valence-corrected chi connectivity index (χ3v) is 9.88. The predicted molar refractivity (Wildman–Crippen MR) is 128 cm³/mol. The van der Waals surface area contributed by atoms with E-state index >= 15 is 0 Å². The Morgan fingerprint density at radius 2 is 1.83 bits per heavy atom. The van der Waals surface area contributed by atoms with Crippen LogP contribution in [0, 0.1) is 0 Å². The summed E-state index contributed by atoms with van der Waals surface area (Å²) in [6, 6.07) is 8.78. The van der Waals surface area contributed by atoms with Crippen LogP contribution < -0.4 is 4.90 Å². The quantitative estimate of drug-likeness (QED) is 0.615. The van der Waals surface area contributed by atoms with E-state index in [1.54, 1.807) is 29.6 Å². The summed E-state index contributed by atoms with van der Waals surface area (Å²) >= 11 is 1.18. The molecule has 12 heteroatoms. The van der Waals surface area contributed by atoms with E-state index in [4.69, 9.17) is 4.74 Å². The second kappa shape index (κ2) is 9.98. The number of hydrogen-bond donors (Lipinski definition) is 1. The Hall–Kier alpha value is -1.70. The van der Waals surface area contributed by atoms with Crippen LogP contribution in [0.1, 0.15) is 19.4 Å². The summed E-state index contributed by atoms with van der Waals surface area (Å²) in [5, 5.41) is 11.7. The van der Waals surface area contributed by atoms with Gasteiger partial charge in [0.1, 0.15) is 4.21 Å². The van der Waals surface area contributed by atoms with E-state index in [2.05, 4.69) is 4.90 Å². The summed E-state index contributed by atoms with van der Waals surface area (Å²) < 4.78 is 73.6. The largest absolute Gasteiger partial charge is 0.421 e. The van der Waals surface area contributed by atoms with Gasteiger partial charge in [-0.3, -0.25) is 4.90 Å². The molecule has 0 aliphatic carbocycles. The fourth-order valence-corrected chi connectivity index (χ4v) is 7.19. The molecular weight excluding hydrogens is 503 g/mol. The number of anilines is 1. The van der Waals surface area contributed by atoms with Gasteiger partial charge in [-0.15, -0.1) is 11.3 Å². The lowest BCUT2D eigenvalue weighted by molar-refractivity contribution is -0.258. The van der Waals surface area contributed by atoms with Gasteiger partial charge in [0, 0.05) is 45.0 Å². The molecule has 2 aliphatic heterocycles. The molecule has 7 nitrogen and oxygen atoms in total. The topological polar surface area (TPSA) is 73.3 Å². The molecule has 2 unspecified atom stereocenters. The Labute approximate surface area is 207 Å². The molecule has 3 heterocycles. The molecule has 2 aromatic rings. The fourth-order valence-electron chi connectivity index (χ4n) is 4.57. The summed E-state index contributed by atoms with van der Waals surface area (Å²) in [6.45, 7) is 6.26. The van der Waals surface area contributed by atoms with Gasteiger partial charge < -0.3 is 14.7 Å². The van der Waals surface area contributed by atoms with Gasteiger partial charge in [0.05, 0.1) is 18.8 Å². The number of piperazine rings is 1. The summed E-state index contributed by atoms with van der Waals surface area (Å²) in [6.07, 6.45) is -4.73. The van der Waals surface area contributed by atoms with E-state index < -0.39 is 21.8 Å². The molecule has 3 atom stereocenters. The number of hydrogen-bond acceptors (Lipinski definition) is 7. The number of morpholine rings is 1. The Bertz CT molecular complexity index is 1090. The highest BCUT2D eigenvalue weighted by atomic mass is 32.2. The van der Waals surface area contributed by atoms with Crippen molar-refractivity contribution in [3.05, 3.63) is 47.3 Å². The lowest BCUT2D eigenvalue weighted by Crippen LogP contribution is -2.59. The van der Waals surface area contributed by atoms with Crippen molar-refractivity contribution in [3.63, 3.8) is 0 Å². The molecule has 0 spiro atoms. The maximum Gasteiger partial charge on any atom is 0.421 e. The van der Waals surface area contributed by atoms with Crippen LogP contribution >= 0.6 is 11.3 Å². The Kier molecular flexibility index (Phi) is 7.52. The number of halogens is 3. The van der Waals surface area contributed by atoms with Crippen LogP contribution in [0.15, 0.2) is 46.0 Å². The normalized spacial score (nSPS) is 24.9. The van der Waals surface area contributed by atoms with E-state index in [0.29, 0.717) is 29.6 Å². The van der Waals surface area contributed by atoms with Crippen molar-refractivity contribution < 1.29 is 31.4 Å². The zero-order chi connectivity index (χ0) is 25.4. The first-order valence-corrected chi connectivity index (χ1v) is 13.8. The number of ether oxygens (including phenoxy) is 1. The molecular formula is C23H30F3N3O4S2. The summed E-state index contributed by atoms with van der Waals surface area (Å²) in [7, 11) is -3.63. The highest BCUT2D eigenvalue weighted by molar-refractivity contribution is 7.91. The first kappa shape index (κ1) is 26.4. The zero-order valence-corrected chi connectivity index (χ0v) is 21.2. The Morgan fingerprint density at radius 3 is 2.43 bits per heavy atom. The standard InChI is InChI=1S/C23H30F3N3O4S2/c1-17-14-27(11-12-33-17)15-20-16-28(35(31,32)21-4-3-13-34-21)9-10-29(20)19-7-5-18(6-8-19)22(2,30)23(24,25)26/h3-8,13,17,20,30H,9-12,14-16H2,1-2H3/t17?,20-,22?/m0/s1. The van der Waals surface area contributed by atoms with Crippen LogP contribution in [0.5, 0.6) is 0 Å². The molecule has 0 amide bonds. The molecule has 2 saturated heterocycles. The second-order valence-corrected chi connectivity index (χ2v) is 12.3. The zero-order valence-electron chi connectivity index (χ0n) is 19.6. The van der Waals surface area contributed by atoms with Crippen molar-refractivity contribution in [2.45, 2.75) is 42.0 Å². The molecule has 35 heavy (non-hydrogen) atoms. The van der Waals surface area contributed by atoms with Crippen molar-refractivity contribution in [2.75, 3.05) is 50.8 Å². The molecule has 194 valence electrons. The summed E-state index contributed by atoms with van der Waals surface area (Å²) in [4.78, 5) is 4.28. The van der Waals surface area contributed by atoms with Crippen LogP contribution in [-0.2, 0) is 20.4 Å². The molecule has 2 fully saturated rings. The maximum absolute atomic E-state index is 13.3. The van der Waals surface area contributed by atoms with Crippen molar-refractivity contribution in [1.29, 1.82) is 0 Å². The van der Waals surface area contributed by atoms with Crippen LogP contribution in [0.25, 0.3) is 0 Å². The molecule has 1 aromatic carbocycles. The highest BCUT2D eigenvalue weighted by Crippen LogP contribution is 2.39. The van der Waals surface area contributed by atoms with E-state index in [-0.39, 0.29) is 30.8 Å². The number of aliphatic hydroxyl groups is 1. The predicted octanol–water partition coefficient (Wildman–Crippen LogP) is 3.12.